The molecule has 1 saturated heterocycles. The maximum absolute atomic E-state index is 14.0. The molecule has 1 spiro atoms. The van der Waals surface area contributed by atoms with E-state index in [1.54, 1.807) is 25.2 Å². The van der Waals surface area contributed by atoms with Crippen molar-refractivity contribution in [3.05, 3.63) is 58.6 Å². The van der Waals surface area contributed by atoms with Crippen LogP contribution in [-0.4, -0.2) is 60.3 Å². The highest BCUT2D eigenvalue weighted by Crippen LogP contribution is 2.46. The number of ether oxygens (including phenoxy) is 1. The van der Waals surface area contributed by atoms with Crippen molar-refractivity contribution in [1.82, 2.24) is 9.80 Å². The van der Waals surface area contributed by atoms with Crippen LogP contribution in [0.15, 0.2) is 42.5 Å². The van der Waals surface area contributed by atoms with Gasteiger partial charge in [0.25, 0.3) is 5.91 Å². The third-order valence-electron chi connectivity index (χ3n) is 7.09. The molecule has 1 N–H and O–H groups in total. The molecule has 0 radical (unpaired) electrons. The second-order valence-corrected chi connectivity index (χ2v) is 10.2. The first-order chi connectivity index (χ1) is 17.1. The van der Waals surface area contributed by atoms with E-state index in [2.05, 4.69) is 11.4 Å². The van der Waals surface area contributed by atoms with Crippen LogP contribution in [0.25, 0.3) is 0 Å². The number of carbonyl (C=O) groups is 3. The SMILES string of the molecule is COc1ccc(Cl)c(C(=O)N(C)[C@@H](CC(C)C)C(=O)N2C[C@]3(C[C@H]2C#N)C(=O)Nc2ccccc23)c1. The summed E-state index contributed by atoms with van der Waals surface area (Å²) in [6, 6.07) is 12.7. The third kappa shape index (κ3) is 4.28. The van der Waals surface area contributed by atoms with Crippen molar-refractivity contribution in [2.75, 3.05) is 26.0 Å². The molecule has 2 aromatic carbocycles. The maximum atomic E-state index is 14.0. The lowest BCUT2D eigenvalue weighted by molar-refractivity contribution is -0.136. The summed E-state index contributed by atoms with van der Waals surface area (Å²) in [4.78, 5) is 43.4. The summed E-state index contributed by atoms with van der Waals surface area (Å²) in [5.41, 5.74) is 0.720. The summed E-state index contributed by atoms with van der Waals surface area (Å²) in [6.45, 7) is 4.00. The zero-order valence-corrected chi connectivity index (χ0v) is 21.5. The number of nitrogens with zero attached hydrogens (tertiary/aromatic N) is 3. The molecule has 36 heavy (non-hydrogen) atoms. The number of nitrogens with one attached hydrogen (secondary N) is 1. The number of rotatable bonds is 6. The fraction of sp³-hybridized carbons (Fsp3) is 0.407. The third-order valence-corrected chi connectivity index (χ3v) is 7.42. The van der Waals surface area contributed by atoms with E-state index in [1.165, 1.54) is 16.9 Å². The summed E-state index contributed by atoms with van der Waals surface area (Å²) < 4.78 is 5.24. The molecular weight excluding hydrogens is 480 g/mol. The molecule has 0 unspecified atom stereocenters. The average molecular weight is 509 g/mol. The molecular formula is C27H29ClN4O4. The Bertz CT molecular complexity index is 1260. The van der Waals surface area contributed by atoms with Gasteiger partial charge in [0.1, 0.15) is 17.8 Å². The van der Waals surface area contributed by atoms with Crippen LogP contribution in [0, 0.1) is 17.2 Å². The number of hydrogen-bond donors (Lipinski definition) is 1. The van der Waals surface area contributed by atoms with Gasteiger partial charge in [-0.15, -0.1) is 0 Å². The smallest absolute Gasteiger partial charge is 0.255 e. The van der Waals surface area contributed by atoms with Crippen LogP contribution in [0.2, 0.25) is 5.02 Å². The highest BCUT2D eigenvalue weighted by Gasteiger charge is 2.56. The molecule has 0 saturated carbocycles. The van der Waals surface area contributed by atoms with E-state index in [-0.39, 0.29) is 41.3 Å². The normalized spacial score (nSPS) is 21.2. The van der Waals surface area contributed by atoms with Crippen molar-refractivity contribution in [1.29, 1.82) is 5.26 Å². The van der Waals surface area contributed by atoms with E-state index in [9.17, 15) is 19.6 Å². The Kier molecular flexibility index (Phi) is 6.96. The molecule has 3 atom stereocenters. The Morgan fingerprint density at radius 1 is 1.31 bits per heavy atom. The van der Waals surface area contributed by atoms with Crippen molar-refractivity contribution in [3.8, 4) is 11.8 Å². The van der Waals surface area contributed by atoms with Crippen molar-refractivity contribution < 1.29 is 19.1 Å². The lowest BCUT2D eigenvalue weighted by Crippen LogP contribution is -2.52. The Labute approximate surface area is 215 Å². The van der Waals surface area contributed by atoms with Gasteiger partial charge in [-0.3, -0.25) is 14.4 Å². The standard InChI is InChI=1S/C27H29ClN4O4/c1-16(2)11-23(31(3)24(33)19-12-18(36-4)9-10-21(19)28)25(34)32-15-27(13-17(32)14-29)20-7-5-6-8-22(20)30-26(27)35/h5-10,12,16-17,23H,11,13,15H2,1-4H3,(H,30,35)/t17-,23-,27-/m0/s1. The van der Waals surface area contributed by atoms with Crippen molar-refractivity contribution >= 4 is 35.0 Å². The van der Waals surface area contributed by atoms with Crippen LogP contribution in [-0.2, 0) is 15.0 Å². The number of likely N-dealkylation sites (N-methyl/N-ethyl adjacent to an activating group) is 1. The Balaban J connectivity index is 1.67. The molecule has 0 aliphatic carbocycles. The first-order valence-electron chi connectivity index (χ1n) is 11.8. The first kappa shape index (κ1) is 25.5. The minimum absolute atomic E-state index is 0.0729. The van der Waals surface area contributed by atoms with Gasteiger partial charge < -0.3 is 19.9 Å². The molecule has 4 rings (SSSR count). The van der Waals surface area contributed by atoms with Crippen LogP contribution in [0.3, 0.4) is 0 Å². The van der Waals surface area contributed by atoms with E-state index in [0.29, 0.717) is 17.9 Å². The molecule has 0 bridgehead atoms. The molecule has 1 fully saturated rings. The molecule has 9 heteroatoms. The number of para-hydroxylation sites is 1. The molecule has 2 aliphatic heterocycles. The largest absolute Gasteiger partial charge is 0.497 e. The number of hydrogen-bond acceptors (Lipinski definition) is 5. The van der Waals surface area contributed by atoms with E-state index < -0.39 is 23.4 Å². The number of fused-ring (bicyclic) bond motifs is 2. The van der Waals surface area contributed by atoms with Crippen molar-refractivity contribution in [2.45, 2.75) is 44.2 Å². The van der Waals surface area contributed by atoms with Crippen LogP contribution >= 0.6 is 11.6 Å². The number of halogens is 1. The summed E-state index contributed by atoms with van der Waals surface area (Å²) in [6.07, 6.45) is 0.582. The maximum Gasteiger partial charge on any atom is 0.255 e. The van der Waals surface area contributed by atoms with Crippen molar-refractivity contribution in [3.63, 3.8) is 0 Å². The van der Waals surface area contributed by atoms with Gasteiger partial charge in [-0.05, 0) is 42.2 Å². The van der Waals surface area contributed by atoms with Gasteiger partial charge in [-0.1, -0.05) is 43.6 Å². The number of benzene rings is 2. The lowest BCUT2D eigenvalue weighted by Gasteiger charge is -2.33. The van der Waals surface area contributed by atoms with E-state index >= 15 is 0 Å². The summed E-state index contributed by atoms with van der Waals surface area (Å²) >= 11 is 6.31. The van der Waals surface area contributed by atoms with Gasteiger partial charge in [0.15, 0.2) is 0 Å². The quantitative estimate of drug-likeness (QED) is 0.638. The van der Waals surface area contributed by atoms with Crippen LogP contribution < -0.4 is 10.1 Å². The second kappa shape index (κ2) is 9.82. The van der Waals surface area contributed by atoms with Gasteiger partial charge >= 0.3 is 0 Å². The zero-order valence-electron chi connectivity index (χ0n) is 20.7. The first-order valence-corrected chi connectivity index (χ1v) is 12.2. The molecule has 188 valence electrons. The highest BCUT2D eigenvalue weighted by atomic mass is 35.5. The number of anilines is 1. The second-order valence-electron chi connectivity index (χ2n) is 9.80. The van der Waals surface area contributed by atoms with E-state index in [0.717, 1.165) is 5.56 Å². The van der Waals surface area contributed by atoms with Gasteiger partial charge in [0.2, 0.25) is 11.8 Å². The van der Waals surface area contributed by atoms with Crippen LogP contribution in [0.1, 0.15) is 42.6 Å². The van der Waals surface area contributed by atoms with Gasteiger partial charge in [-0.25, -0.2) is 0 Å². The number of methoxy groups -OCH3 is 1. The highest BCUT2D eigenvalue weighted by molar-refractivity contribution is 6.34. The molecule has 3 amide bonds. The van der Waals surface area contributed by atoms with Gasteiger partial charge in [0.05, 0.1) is 29.2 Å². The Hall–Kier alpha value is -3.57. The average Bonchev–Trinajstić information content (AvgIpc) is 3.39. The topological polar surface area (TPSA) is 103 Å². The Morgan fingerprint density at radius 3 is 2.69 bits per heavy atom. The molecule has 2 heterocycles. The van der Waals surface area contributed by atoms with Crippen LogP contribution in [0.4, 0.5) is 5.69 Å². The fourth-order valence-corrected chi connectivity index (χ4v) is 5.37. The minimum Gasteiger partial charge on any atom is -0.497 e. The predicted molar refractivity (Wildman–Crippen MR) is 136 cm³/mol. The minimum atomic E-state index is -0.992. The lowest BCUT2D eigenvalue weighted by atomic mass is 9.80. The number of likely N-dealkylation sites (tertiary alicyclic amines) is 1. The van der Waals surface area contributed by atoms with Gasteiger partial charge in [0, 0.05) is 25.7 Å². The van der Waals surface area contributed by atoms with Gasteiger partial charge in [-0.2, -0.15) is 5.26 Å². The monoisotopic (exact) mass is 508 g/mol. The van der Waals surface area contributed by atoms with Crippen molar-refractivity contribution in [2.24, 2.45) is 5.92 Å². The number of nitriles is 1. The molecule has 0 aromatic heterocycles. The van der Waals surface area contributed by atoms with E-state index in [4.69, 9.17) is 16.3 Å². The zero-order chi connectivity index (χ0) is 26.2. The summed E-state index contributed by atoms with van der Waals surface area (Å²) in [7, 11) is 3.06. The fourth-order valence-electron chi connectivity index (χ4n) is 5.18. The van der Waals surface area contributed by atoms with E-state index in [1.807, 2.05) is 38.1 Å². The molecule has 2 aliphatic rings. The summed E-state index contributed by atoms with van der Waals surface area (Å²) in [5.74, 6) is -0.446. The predicted octanol–water partition coefficient (Wildman–Crippen LogP) is 3.85. The molecule has 8 nitrogen and oxygen atoms in total. The summed E-state index contributed by atoms with van der Waals surface area (Å²) in [5, 5.41) is 13.1. The number of amides is 3. The Morgan fingerprint density at radius 2 is 2.03 bits per heavy atom. The number of carbonyl (C=O) groups excluding carboxylic acids is 3. The van der Waals surface area contributed by atoms with Crippen LogP contribution in [0.5, 0.6) is 5.75 Å². The molecule has 2 aromatic rings.